The minimum absolute atomic E-state index is 0.237. The van der Waals surface area contributed by atoms with Crippen LogP contribution in [0.2, 0.25) is 0 Å². The first-order chi connectivity index (χ1) is 11.6. The number of hydrogen-bond acceptors (Lipinski definition) is 6. The molecule has 24 heavy (non-hydrogen) atoms. The average molecular weight is 339 g/mol. The highest BCUT2D eigenvalue weighted by atomic mass is 16.5. The largest absolute Gasteiger partial charge is 0.395 e. The maximum atomic E-state index is 9.97. The Labute approximate surface area is 143 Å². The van der Waals surface area contributed by atoms with Gasteiger partial charge in [0.05, 0.1) is 25.4 Å². The van der Waals surface area contributed by atoms with Gasteiger partial charge in [-0.2, -0.15) is 0 Å². The number of nitrogens with zero attached hydrogens (tertiary/aromatic N) is 1. The molecule has 1 aromatic carbocycles. The summed E-state index contributed by atoms with van der Waals surface area (Å²) in [4.78, 5) is 1.86. The van der Waals surface area contributed by atoms with Gasteiger partial charge in [0.2, 0.25) is 0 Å². The summed E-state index contributed by atoms with van der Waals surface area (Å²) in [6.45, 7) is 1.39. The topological polar surface area (TPSA) is 93.4 Å². The number of rotatable bonds is 8. The normalized spacial score (nSPS) is 28.2. The zero-order chi connectivity index (χ0) is 17.5. The highest BCUT2D eigenvalue weighted by Gasteiger charge is 2.40. The van der Waals surface area contributed by atoms with E-state index in [1.807, 2.05) is 4.90 Å². The van der Waals surface area contributed by atoms with Crippen LogP contribution in [-0.2, 0) is 17.6 Å². The third kappa shape index (κ3) is 4.99. The molecule has 4 N–H and O–H groups in total. The zero-order valence-corrected chi connectivity index (χ0v) is 14.2. The first-order valence-electron chi connectivity index (χ1n) is 8.52. The fraction of sp³-hybridized carbons (Fsp3) is 0.667. The van der Waals surface area contributed by atoms with Crippen LogP contribution < -0.4 is 0 Å². The van der Waals surface area contributed by atoms with Crippen molar-refractivity contribution in [1.29, 1.82) is 0 Å². The third-order valence-corrected chi connectivity index (χ3v) is 4.74. The number of likely N-dealkylation sites (tertiary alicyclic amines) is 1. The number of β-amino-alcohol motifs (C(OH)–C–C–N with tert-alkyl or cyclic N) is 1. The van der Waals surface area contributed by atoms with E-state index in [1.54, 1.807) is 7.11 Å². The second-order valence-electron chi connectivity index (χ2n) is 6.46. The van der Waals surface area contributed by atoms with Gasteiger partial charge in [-0.1, -0.05) is 24.3 Å². The van der Waals surface area contributed by atoms with Gasteiger partial charge in [0.15, 0.2) is 0 Å². The molecule has 6 nitrogen and oxygen atoms in total. The molecule has 4 atom stereocenters. The van der Waals surface area contributed by atoms with Crippen molar-refractivity contribution in [3.05, 3.63) is 35.4 Å². The molecular weight excluding hydrogens is 310 g/mol. The van der Waals surface area contributed by atoms with Gasteiger partial charge in [-0.05, 0) is 36.9 Å². The number of aryl methyl sites for hydroxylation is 1. The van der Waals surface area contributed by atoms with E-state index in [-0.39, 0.29) is 13.2 Å². The van der Waals surface area contributed by atoms with Crippen LogP contribution in [-0.4, -0.2) is 83.1 Å². The highest BCUT2D eigenvalue weighted by molar-refractivity contribution is 5.22. The maximum Gasteiger partial charge on any atom is 0.109 e. The van der Waals surface area contributed by atoms with E-state index in [1.165, 1.54) is 11.1 Å². The van der Waals surface area contributed by atoms with Crippen molar-refractivity contribution < 1.29 is 25.2 Å². The smallest absolute Gasteiger partial charge is 0.109 e. The van der Waals surface area contributed by atoms with Crippen molar-refractivity contribution in [2.24, 2.45) is 0 Å². The van der Waals surface area contributed by atoms with Gasteiger partial charge in [-0.3, -0.25) is 4.90 Å². The zero-order valence-electron chi connectivity index (χ0n) is 14.2. The van der Waals surface area contributed by atoms with Crippen molar-refractivity contribution in [2.45, 2.75) is 43.6 Å². The minimum atomic E-state index is -1.20. The standard InChI is InChI=1S/C18H29NO5/c1-24-10-8-14-6-4-13(5-7-14)3-2-9-19-11-16(21)18(23)17(22)15(19)12-20/h4-7,15-18,20-23H,2-3,8-12H2,1H3/t15-,16+,17-,18-/m1/s1. The van der Waals surface area contributed by atoms with E-state index >= 15 is 0 Å². The fourth-order valence-corrected chi connectivity index (χ4v) is 3.21. The molecule has 1 saturated heterocycles. The molecule has 136 valence electrons. The average Bonchev–Trinajstić information content (AvgIpc) is 2.59. The SMILES string of the molecule is COCCc1ccc(CCCN2C[C@H](O)[C@@H](O)[C@H](O)[C@H]2CO)cc1. The summed E-state index contributed by atoms with van der Waals surface area (Å²) in [5, 5.41) is 38.9. The molecule has 0 saturated carbocycles. The molecule has 0 radical (unpaired) electrons. The molecule has 1 aliphatic heterocycles. The number of piperidine rings is 1. The maximum absolute atomic E-state index is 9.97. The predicted octanol–water partition coefficient (Wildman–Crippen LogP) is -0.433. The first kappa shape index (κ1) is 19.3. The van der Waals surface area contributed by atoms with E-state index in [2.05, 4.69) is 24.3 Å². The van der Waals surface area contributed by atoms with Crippen LogP contribution in [0.3, 0.4) is 0 Å². The monoisotopic (exact) mass is 339 g/mol. The van der Waals surface area contributed by atoms with Crippen LogP contribution in [0.5, 0.6) is 0 Å². The van der Waals surface area contributed by atoms with Gasteiger partial charge in [-0.25, -0.2) is 0 Å². The Bertz CT molecular complexity index is 481. The lowest BCUT2D eigenvalue weighted by Crippen LogP contribution is -2.62. The lowest BCUT2D eigenvalue weighted by Gasteiger charge is -2.43. The van der Waals surface area contributed by atoms with Crippen molar-refractivity contribution in [1.82, 2.24) is 4.90 Å². The van der Waals surface area contributed by atoms with E-state index in [9.17, 15) is 20.4 Å². The van der Waals surface area contributed by atoms with Gasteiger partial charge in [0.1, 0.15) is 12.2 Å². The fourth-order valence-electron chi connectivity index (χ4n) is 3.21. The van der Waals surface area contributed by atoms with Crippen molar-refractivity contribution in [3.8, 4) is 0 Å². The van der Waals surface area contributed by atoms with Gasteiger partial charge in [0.25, 0.3) is 0 Å². The summed E-state index contributed by atoms with van der Waals surface area (Å²) in [7, 11) is 1.70. The quantitative estimate of drug-likeness (QED) is 0.513. The minimum Gasteiger partial charge on any atom is -0.395 e. The molecule has 0 unspecified atom stereocenters. The Morgan fingerprint density at radius 1 is 1.04 bits per heavy atom. The third-order valence-electron chi connectivity index (χ3n) is 4.74. The molecule has 1 fully saturated rings. The molecule has 1 aromatic rings. The van der Waals surface area contributed by atoms with Gasteiger partial charge >= 0.3 is 0 Å². The van der Waals surface area contributed by atoms with E-state index in [4.69, 9.17) is 4.74 Å². The number of hydrogen-bond donors (Lipinski definition) is 4. The summed E-state index contributed by atoms with van der Waals surface area (Å²) >= 11 is 0. The number of aliphatic hydroxyl groups is 4. The number of aliphatic hydroxyl groups excluding tert-OH is 4. The number of methoxy groups -OCH3 is 1. The number of ether oxygens (including phenoxy) is 1. The predicted molar refractivity (Wildman–Crippen MR) is 90.8 cm³/mol. The van der Waals surface area contributed by atoms with Crippen LogP contribution in [0.4, 0.5) is 0 Å². The summed E-state index contributed by atoms with van der Waals surface area (Å²) in [5.41, 5.74) is 2.48. The van der Waals surface area contributed by atoms with Gasteiger partial charge < -0.3 is 25.2 Å². The van der Waals surface area contributed by atoms with Crippen molar-refractivity contribution >= 4 is 0 Å². The summed E-state index contributed by atoms with van der Waals surface area (Å²) in [6, 6.07) is 7.90. The molecule has 6 heteroatoms. The lowest BCUT2D eigenvalue weighted by atomic mass is 9.94. The molecule has 0 spiro atoms. The molecule has 0 bridgehead atoms. The first-order valence-corrected chi connectivity index (χ1v) is 8.52. The Balaban J connectivity index is 1.82. The second-order valence-corrected chi connectivity index (χ2v) is 6.46. The molecule has 0 aliphatic carbocycles. The number of benzene rings is 1. The lowest BCUT2D eigenvalue weighted by molar-refractivity contribution is -0.145. The van der Waals surface area contributed by atoms with Crippen molar-refractivity contribution in [2.75, 3.05) is 33.4 Å². The van der Waals surface area contributed by atoms with Crippen molar-refractivity contribution in [3.63, 3.8) is 0 Å². The summed E-state index contributed by atoms with van der Waals surface area (Å²) < 4.78 is 5.07. The summed E-state index contributed by atoms with van der Waals surface area (Å²) in [5.74, 6) is 0. The molecule has 1 heterocycles. The van der Waals surface area contributed by atoms with Gasteiger partial charge in [0, 0.05) is 13.7 Å². The molecule has 1 aliphatic rings. The van der Waals surface area contributed by atoms with E-state index < -0.39 is 24.4 Å². The Morgan fingerprint density at radius 3 is 2.25 bits per heavy atom. The van der Waals surface area contributed by atoms with Crippen LogP contribution >= 0.6 is 0 Å². The molecule has 0 aromatic heterocycles. The Hall–Kier alpha value is -1.02. The molecular formula is C18H29NO5. The van der Waals surface area contributed by atoms with Crippen LogP contribution in [0, 0.1) is 0 Å². The molecule has 0 amide bonds. The van der Waals surface area contributed by atoms with E-state index in [0.29, 0.717) is 13.2 Å². The summed E-state index contributed by atoms with van der Waals surface area (Å²) in [6.07, 6.45) is -0.669. The van der Waals surface area contributed by atoms with Crippen LogP contribution in [0.25, 0.3) is 0 Å². The Kier molecular flexibility index (Phi) is 7.61. The van der Waals surface area contributed by atoms with Crippen LogP contribution in [0.15, 0.2) is 24.3 Å². The van der Waals surface area contributed by atoms with Gasteiger partial charge in [-0.15, -0.1) is 0 Å². The second kappa shape index (κ2) is 9.46. The molecule has 2 rings (SSSR count). The van der Waals surface area contributed by atoms with E-state index in [0.717, 1.165) is 19.3 Å². The highest BCUT2D eigenvalue weighted by Crippen LogP contribution is 2.19. The Morgan fingerprint density at radius 2 is 1.67 bits per heavy atom. The van der Waals surface area contributed by atoms with Crippen LogP contribution in [0.1, 0.15) is 17.5 Å².